The maximum absolute atomic E-state index is 14.1. The van der Waals surface area contributed by atoms with Crippen LogP contribution < -0.4 is 14.8 Å². The quantitative estimate of drug-likeness (QED) is 0.173. The Morgan fingerprint density at radius 2 is 1.81 bits per heavy atom. The van der Waals surface area contributed by atoms with Crippen molar-refractivity contribution in [2.75, 3.05) is 18.9 Å². The van der Waals surface area contributed by atoms with Crippen molar-refractivity contribution in [2.45, 2.75) is 25.2 Å². The molecular weight excluding hydrogens is 524 g/mol. The first kappa shape index (κ1) is 26.2. The Morgan fingerprint density at radius 3 is 2.58 bits per heavy atom. The molecule has 0 saturated carbocycles. The van der Waals surface area contributed by atoms with Crippen LogP contribution in [0.15, 0.2) is 65.8 Å². The fourth-order valence-corrected chi connectivity index (χ4v) is 4.58. The Labute approximate surface area is 222 Å². The van der Waals surface area contributed by atoms with Gasteiger partial charge in [-0.3, -0.25) is 0 Å². The number of hydrogen-bond acceptors (Lipinski definition) is 7. The molecule has 3 aromatic carbocycles. The molecule has 1 heterocycles. The number of para-hydroxylation sites is 1. The molecule has 4 rings (SSSR count). The van der Waals surface area contributed by atoms with Gasteiger partial charge in [0.1, 0.15) is 12.4 Å². The normalized spacial score (nSPS) is 11.0. The van der Waals surface area contributed by atoms with Crippen molar-refractivity contribution in [2.24, 2.45) is 0 Å². The third-order valence-electron chi connectivity index (χ3n) is 5.11. The lowest BCUT2D eigenvalue weighted by Crippen LogP contribution is -2.17. The summed E-state index contributed by atoms with van der Waals surface area (Å²) in [5, 5.41) is 16.9. The van der Waals surface area contributed by atoms with Crippen molar-refractivity contribution in [1.82, 2.24) is 25.5 Å². The number of ether oxygens (including phenoxy) is 2. The minimum absolute atomic E-state index is 0.0425. The van der Waals surface area contributed by atoms with E-state index in [0.29, 0.717) is 41.2 Å². The van der Waals surface area contributed by atoms with Gasteiger partial charge >= 0.3 is 0 Å². The van der Waals surface area contributed by atoms with Crippen LogP contribution in [0.25, 0.3) is 5.69 Å². The average Bonchev–Trinajstić information content (AvgIpc) is 3.35. The van der Waals surface area contributed by atoms with Gasteiger partial charge in [0, 0.05) is 35.5 Å². The molecule has 0 unspecified atom stereocenters. The Morgan fingerprint density at radius 1 is 1.00 bits per heavy atom. The third-order valence-corrected chi connectivity index (χ3v) is 6.74. The molecule has 0 radical (unpaired) electrons. The fourth-order valence-electron chi connectivity index (χ4n) is 3.35. The van der Waals surface area contributed by atoms with E-state index in [2.05, 4.69) is 20.8 Å². The van der Waals surface area contributed by atoms with Crippen LogP contribution in [-0.4, -0.2) is 39.1 Å². The topological polar surface area (TPSA) is 74.1 Å². The number of nitrogens with zero attached hydrogens (tertiary/aromatic N) is 4. The fraction of sp³-hybridized carbons (Fsp3) is 0.240. The van der Waals surface area contributed by atoms with Gasteiger partial charge in [0.05, 0.1) is 17.3 Å². The standard InChI is InChI=1S/C25H24Cl2FN5O2S/c1-2-34-23-13-17(21(27)14-24(23)35-16-19-20(26)9-6-10-22(19)28)15-29-11-12-36-25-30-31-32-33(25)18-7-4-3-5-8-18/h3-10,13-14,29H,2,11-12,15-16H2,1H3. The van der Waals surface area contributed by atoms with Gasteiger partial charge in [0.25, 0.3) is 0 Å². The third kappa shape index (κ3) is 6.67. The average molecular weight is 548 g/mol. The maximum Gasteiger partial charge on any atom is 0.214 e. The highest BCUT2D eigenvalue weighted by molar-refractivity contribution is 7.99. The molecule has 7 nitrogen and oxygen atoms in total. The van der Waals surface area contributed by atoms with E-state index in [1.807, 2.05) is 43.3 Å². The van der Waals surface area contributed by atoms with Crippen molar-refractivity contribution in [3.05, 3.63) is 87.7 Å². The summed E-state index contributed by atoms with van der Waals surface area (Å²) < 4.78 is 27.4. The predicted molar refractivity (Wildman–Crippen MR) is 140 cm³/mol. The zero-order chi connectivity index (χ0) is 25.3. The molecule has 0 atom stereocenters. The van der Waals surface area contributed by atoms with Crippen LogP contribution in [0.2, 0.25) is 10.0 Å². The molecule has 0 aliphatic heterocycles. The van der Waals surface area contributed by atoms with Crippen LogP contribution in [0.5, 0.6) is 11.5 Å². The van der Waals surface area contributed by atoms with E-state index < -0.39 is 5.82 Å². The highest BCUT2D eigenvalue weighted by Crippen LogP contribution is 2.35. The van der Waals surface area contributed by atoms with Crippen LogP contribution in [0.3, 0.4) is 0 Å². The molecule has 11 heteroatoms. The molecule has 0 aliphatic carbocycles. The number of rotatable bonds is 12. The van der Waals surface area contributed by atoms with E-state index in [1.54, 1.807) is 34.6 Å². The molecule has 0 saturated heterocycles. The number of hydrogen-bond donors (Lipinski definition) is 1. The largest absolute Gasteiger partial charge is 0.490 e. The van der Waals surface area contributed by atoms with Gasteiger partial charge in [0.2, 0.25) is 5.16 Å². The Kier molecular flexibility index (Phi) is 9.41. The summed E-state index contributed by atoms with van der Waals surface area (Å²) in [6.07, 6.45) is 0. The van der Waals surface area contributed by atoms with Crippen LogP contribution in [0.1, 0.15) is 18.1 Å². The maximum atomic E-state index is 14.1. The minimum atomic E-state index is -0.428. The molecule has 0 aliphatic rings. The zero-order valence-corrected chi connectivity index (χ0v) is 21.8. The summed E-state index contributed by atoms with van der Waals surface area (Å²) in [7, 11) is 0. The van der Waals surface area contributed by atoms with E-state index in [9.17, 15) is 4.39 Å². The van der Waals surface area contributed by atoms with E-state index in [-0.39, 0.29) is 12.2 Å². The van der Waals surface area contributed by atoms with Crippen LogP contribution in [-0.2, 0) is 13.2 Å². The van der Waals surface area contributed by atoms with Crippen molar-refractivity contribution in [3.63, 3.8) is 0 Å². The summed E-state index contributed by atoms with van der Waals surface area (Å²) in [6.45, 7) is 3.51. The Balaban J connectivity index is 1.33. The molecule has 0 spiro atoms. The van der Waals surface area contributed by atoms with E-state index >= 15 is 0 Å². The first-order chi connectivity index (χ1) is 17.6. The first-order valence-electron chi connectivity index (χ1n) is 11.2. The molecule has 1 N–H and O–H groups in total. The summed E-state index contributed by atoms with van der Waals surface area (Å²) >= 11 is 14.2. The second-order valence-corrected chi connectivity index (χ2v) is 9.42. The first-order valence-corrected chi connectivity index (χ1v) is 13.0. The van der Waals surface area contributed by atoms with Crippen molar-refractivity contribution >= 4 is 35.0 Å². The van der Waals surface area contributed by atoms with Gasteiger partial charge in [-0.15, -0.1) is 5.10 Å². The SMILES string of the molecule is CCOc1cc(CNCCSc2nnnn2-c2ccccc2)c(Cl)cc1OCc1c(F)cccc1Cl. The van der Waals surface area contributed by atoms with E-state index in [1.165, 1.54) is 6.07 Å². The van der Waals surface area contributed by atoms with Gasteiger partial charge in [-0.25, -0.2) is 4.39 Å². The number of thioether (sulfide) groups is 1. The number of halogens is 3. The lowest BCUT2D eigenvalue weighted by atomic mass is 10.2. The van der Waals surface area contributed by atoms with Gasteiger partial charge in [-0.1, -0.05) is 59.2 Å². The number of nitrogens with one attached hydrogen (secondary N) is 1. The van der Waals surface area contributed by atoms with Crippen LogP contribution in [0.4, 0.5) is 4.39 Å². The molecule has 0 fully saturated rings. The zero-order valence-electron chi connectivity index (χ0n) is 19.5. The number of benzene rings is 3. The highest BCUT2D eigenvalue weighted by Gasteiger charge is 2.14. The molecule has 0 bridgehead atoms. The lowest BCUT2D eigenvalue weighted by molar-refractivity contribution is 0.265. The van der Waals surface area contributed by atoms with Gasteiger partial charge in [0.15, 0.2) is 11.5 Å². The van der Waals surface area contributed by atoms with Gasteiger partial charge in [-0.05, 0) is 53.2 Å². The van der Waals surface area contributed by atoms with E-state index in [0.717, 1.165) is 22.2 Å². The molecule has 0 amide bonds. The highest BCUT2D eigenvalue weighted by atomic mass is 35.5. The van der Waals surface area contributed by atoms with Gasteiger partial charge < -0.3 is 14.8 Å². The van der Waals surface area contributed by atoms with Crippen LogP contribution >= 0.6 is 35.0 Å². The second kappa shape index (κ2) is 12.9. The smallest absolute Gasteiger partial charge is 0.214 e. The predicted octanol–water partition coefficient (Wildman–Crippen LogP) is 5.97. The van der Waals surface area contributed by atoms with E-state index in [4.69, 9.17) is 32.7 Å². The van der Waals surface area contributed by atoms with Gasteiger partial charge in [-0.2, -0.15) is 4.68 Å². The monoisotopic (exact) mass is 547 g/mol. The molecular formula is C25H24Cl2FN5O2S. The van der Waals surface area contributed by atoms with Crippen LogP contribution in [0, 0.1) is 5.82 Å². The molecule has 188 valence electrons. The summed E-state index contributed by atoms with van der Waals surface area (Å²) in [5.74, 6) is 1.28. The van der Waals surface area contributed by atoms with Crippen molar-refractivity contribution < 1.29 is 13.9 Å². The summed E-state index contributed by atoms with van der Waals surface area (Å²) in [4.78, 5) is 0. The Hall–Kier alpha value is -2.85. The molecule has 36 heavy (non-hydrogen) atoms. The van der Waals surface area contributed by atoms with Crippen molar-refractivity contribution in [3.8, 4) is 17.2 Å². The Bertz CT molecular complexity index is 1270. The number of tetrazole rings is 1. The minimum Gasteiger partial charge on any atom is -0.490 e. The summed E-state index contributed by atoms with van der Waals surface area (Å²) in [5.41, 5.74) is 2.04. The molecule has 1 aromatic heterocycles. The lowest BCUT2D eigenvalue weighted by Gasteiger charge is -2.16. The number of aromatic nitrogens is 4. The summed E-state index contributed by atoms with van der Waals surface area (Å²) in [6, 6.07) is 17.8. The van der Waals surface area contributed by atoms with Crippen molar-refractivity contribution in [1.29, 1.82) is 0 Å². The second-order valence-electron chi connectivity index (χ2n) is 7.55. The molecule has 4 aromatic rings.